The summed E-state index contributed by atoms with van der Waals surface area (Å²) in [5.74, 6) is 0.270. The Balaban J connectivity index is 0.00000161. The van der Waals surface area contributed by atoms with Gasteiger partial charge in [0.15, 0.2) is 0 Å². The van der Waals surface area contributed by atoms with E-state index in [2.05, 4.69) is 9.88 Å². The highest BCUT2D eigenvalue weighted by Gasteiger charge is 2.24. The summed E-state index contributed by atoms with van der Waals surface area (Å²) in [6.45, 7) is 2.50. The van der Waals surface area contributed by atoms with Crippen LogP contribution in [0.2, 0.25) is 0 Å². The van der Waals surface area contributed by atoms with Crippen molar-refractivity contribution in [2.45, 2.75) is 25.4 Å². The number of halogens is 2. The Hall–Kier alpha value is -1.43. The first-order chi connectivity index (χ1) is 9.76. The van der Waals surface area contributed by atoms with Crippen molar-refractivity contribution in [3.63, 3.8) is 0 Å². The molecule has 1 saturated heterocycles. The summed E-state index contributed by atoms with van der Waals surface area (Å²) in [5.41, 5.74) is 7.45. The highest BCUT2D eigenvalue weighted by molar-refractivity contribution is 5.85. The van der Waals surface area contributed by atoms with Crippen molar-refractivity contribution in [1.82, 2.24) is 9.88 Å². The first-order valence-corrected chi connectivity index (χ1v) is 6.91. The van der Waals surface area contributed by atoms with Gasteiger partial charge in [-0.3, -0.25) is 4.90 Å². The van der Waals surface area contributed by atoms with Crippen LogP contribution in [0.25, 0.3) is 11.5 Å². The molecule has 0 aliphatic carbocycles. The second-order valence-corrected chi connectivity index (χ2v) is 5.15. The van der Waals surface area contributed by atoms with Crippen LogP contribution in [-0.2, 0) is 6.54 Å². The second kappa shape index (κ2) is 7.02. The lowest BCUT2D eigenvalue weighted by atomic mass is 10.2. The molecule has 0 saturated carbocycles. The Morgan fingerprint density at radius 2 is 2.10 bits per heavy atom. The average molecular weight is 312 g/mol. The molecular formula is C15H19ClFN3O. The molecule has 0 bridgehead atoms. The van der Waals surface area contributed by atoms with Crippen LogP contribution in [-0.4, -0.2) is 29.0 Å². The minimum Gasteiger partial charge on any atom is -0.444 e. The van der Waals surface area contributed by atoms with Crippen LogP contribution >= 0.6 is 12.4 Å². The standard InChI is InChI=1S/C15H18FN3O.ClH/c16-12-5-3-11(4-6-12)15-18-13(10-20-15)9-19-7-1-2-14(19)8-17;/h3-6,10,14H,1-2,7-9,17H2;1H. The molecule has 2 aromatic rings. The molecule has 0 spiro atoms. The molecule has 0 amide bonds. The van der Waals surface area contributed by atoms with Gasteiger partial charge < -0.3 is 10.2 Å². The van der Waals surface area contributed by atoms with Gasteiger partial charge in [0, 0.05) is 24.7 Å². The average Bonchev–Trinajstić information content (AvgIpc) is 3.09. The maximum absolute atomic E-state index is 12.9. The van der Waals surface area contributed by atoms with Gasteiger partial charge in [-0.1, -0.05) is 0 Å². The Kier molecular flexibility index (Phi) is 5.33. The molecule has 1 aliphatic rings. The van der Waals surface area contributed by atoms with Gasteiger partial charge in [0.05, 0.1) is 5.69 Å². The van der Waals surface area contributed by atoms with Crippen LogP contribution in [0.5, 0.6) is 0 Å². The summed E-state index contributed by atoms with van der Waals surface area (Å²) >= 11 is 0. The van der Waals surface area contributed by atoms with Crippen molar-refractivity contribution < 1.29 is 8.81 Å². The smallest absolute Gasteiger partial charge is 0.226 e. The zero-order chi connectivity index (χ0) is 13.9. The predicted octanol–water partition coefficient (Wildman–Crippen LogP) is 2.83. The fourth-order valence-corrected chi connectivity index (χ4v) is 2.68. The highest BCUT2D eigenvalue weighted by atomic mass is 35.5. The minimum absolute atomic E-state index is 0. The molecule has 114 valence electrons. The van der Waals surface area contributed by atoms with Crippen molar-refractivity contribution in [1.29, 1.82) is 0 Å². The lowest BCUT2D eigenvalue weighted by molar-refractivity contribution is 0.247. The zero-order valence-corrected chi connectivity index (χ0v) is 12.5. The molecule has 1 fully saturated rings. The number of oxazole rings is 1. The zero-order valence-electron chi connectivity index (χ0n) is 11.7. The fraction of sp³-hybridized carbons (Fsp3) is 0.400. The predicted molar refractivity (Wildman–Crippen MR) is 81.6 cm³/mol. The minimum atomic E-state index is -0.261. The maximum atomic E-state index is 12.9. The summed E-state index contributed by atoms with van der Waals surface area (Å²) in [7, 11) is 0. The van der Waals surface area contributed by atoms with Crippen LogP contribution in [0.15, 0.2) is 34.9 Å². The van der Waals surface area contributed by atoms with E-state index in [1.165, 1.54) is 18.6 Å². The Labute approximate surface area is 129 Å². The van der Waals surface area contributed by atoms with Crippen LogP contribution in [0.1, 0.15) is 18.5 Å². The highest BCUT2D eigenvalue weighted by Crippen LogP contribution is 2.22. The third-order valence-electron chi connectivity index (χ3n) is 3.78. The largest absolute Gasteiger partial charge is 0.444 e. The molecule has 3 rings (SSSR count). The van der Waals surface area contributed by atoms with Crippen LogP contribution in [0.4, 0.5) is 4.39 Å². The van der Waals surface area contributed by atoms with Gasteiger partial charge in [0.2, 0.25) is 5.89 Å². The van der Waals surface area contributed by atoms with E-state index in [4.69, 9.17) is 10.2 Å². The Bertz CT molecular complexity index is 573. The van der Waals surface area contributed by atoms with Gasteiger partial charge >= 0.3 is 0 Å². The topological polar surface area (TPSA) is 55.3 Å². The van der Waals surface area contributed by atoms with E-state index in [0.717, 1.165) is 30.8 Å². The van der Waals surface area contributed by atoms with Crippen molar-refractivity contribution in [2.75, 3.05) is 13.1 Å². The lowest BCUT2D eigenvalue weighted by Gasteiger charge is -2.21. The number of rotatable bonds is 4. The van der Waals surface area contributed by atoms with Gasteiger partial charge in [0.1, 0.15) is 12.1 Å². The van der Waals surface area contributed by atoms with E-state index in [9.17, 15) is 4.39 Å². The molecule has 1 aliphatic heterocycles. The Morgan fingerprint density at radius 3 is 2.81 bits per heavy atom. The van der Waals surface area contributed by atoms with E-state index in [-0.39, 0.29) is 18.2 Å². The molecular weight excluding hydrogens is 293 g/mol. The molecule has 1 unspecified atom stereocenters. The molecule has 1 aromatic carbocycles. The normalized spacial score (nSPS) is 18.7. The van der Waals surface area contributed by atoms with Gasteiger partial charge in [-0.2, -0.15) is 0 Å². The monoisotopic (exact) mass is 311 g/mol. The van der Waals surface area contributed by atoms with Crippen molar-refractivity contribution >= 4 is 12.4 Å². The number of hydrogen-bond donors (Lipinski definition) is 1. The molecule has 4 nitrogen and oxygen atoms in total. The summed E-state index contributed by atoms with van der Waals surface area (Å²) < 4.78 is 18.4. The number of nitrogens with two attached hydrogens (primary N) is 1. The first kappa shape index (κ1) is 15.9. The maximum Gasteiger partial charge on any atom is 0.226 e. The van der Waals surface area contributed by atoms with E-state index in [1.54, 1.807) is 18.4 Å². The molecule has 0 radical (unpaired) electrons. The number of hydrogen-bond acceptors (Lipinski definition) is 4. The lowest BCUT2D eigenvalue weighted by Crippen LogP contribution is -2.34. The molecule has 6 heteroatoms. The molecule has 2 N–H and O–H groups in total. The van der Waals surface area contributed by atoms with E-state index < -0.39 is 0 Å². The van der Waals surface area contributed by atoms with Gasteiger partial charge in [-0.25, -0.2) is 9.37 Å². The third-order valence-corrected chi connectivity index (χ3v) is 3.78. The van der Waals surface area contributed by atoms with E-state index >= 15 is 0 Å². The van der Waals surface area contributed by atoms with Crippen molar-refractivity contribution in [3.05, 3.63) is 42.0 Å². The number of likely N-dealkylation sites (tertiary alicyclic amines) is 1. The summed E-state index contributed by atoms with van der Waals surface area (Å²) in [5, 5.41) is 0. The fourth-order valence-electron chi connectivity index (χ4n) is 2.68. The molecule has 1 atom stereocenters. The SMILES string of the molecule is Cl.NCC1CCCN1Cc1coc(-c2ccc(F)cc2)n1. The summed E-state index contributed by atoms with van der Waals surface area (Å²) in [6, 6.07) is 6.60. The van der Waals surface area contributed by atoms with Crippen LogP contribution < -0.4 is 5.73 Å². The van der Waals surface area contributed by atoms with Crippen LogP contribution in [0.3, 0.4) is 0 Å². The van der Waals surface area contributed by atoms with Gasteiger partial charge in [0.25, 0.3) is 0 Å². The summed E-state index contributed by atoms with van der Waals surface area (Å²) in [4.78, 5) is 6.81. The second-order valence-electron chi connectivity index (χ2n) is 5.15. The van der Waals surface area contributed by atoms with Gasteiger partial charge in [-0.15, -0.1) is 12.4 Å². The van der Waals surface area contributed by atoms with Crippen LogP contribution in [0, 0.1) is 5.82 Å². The van der Waals surface area contributed by atoms with Crippen molar-refractivity contribution in [2.24, 2.45) is 5.73 Å². The molecule has 21 heavy (non-hydrogen) atoms. The number of aromatic nitrogens is 1. The van der Waals surface area contributed by atoms with E-state index in [1.807, 2.05) is 0 Å². The van der Waals surface area contributed by atoms with Crippen molar-refractivity contribution in [3.8, 4) is 11.5 Å². The quantitative estimate of drug-likeness (QED) is 0.943. The molecule has 2 heterocycles. The number of nitrogens with zero attached hydrogens (tertiary/aromatic N) is 2. The Morgan fingerprint density at radius 1 is 1.33 bits per heavy atom. The third kappa shape index (κ3) is 3.61. The first-order valence-electron chi connectivity index (χ1n) is 6.91. The van der Waals surface area contributed by atoms with Gasteiger partial charge in [-0.05, 0) is 43.7 Å². The number of benzene rings is 1. The van der Waals surface area contributed by atoms with E-state index in [0.29, 0.717) is 18.5 Å². The summed E-state index contributed by atoms with van der Waals surface area (Å²) in [6.07, 6.45) is 4.01. The molecule has 1 aromatic heterocycles.